The Morgan fingerprint density at radius 2 is 1.90 bits per heavy atom. The molecule has 0 unspecified atom stereocenters. The molecule has 4 rings (SSSR count). The van der Waals surface area contributed by atoms with E-state index in [1.807, 2.05) is 18.5 Å². The second kappa shape index (κ2) is 8.12. The largest absolute Gasteiger partial charge is 0.433 e. The van der Waals surface area contributed by atoms with E-state index in [0.717, 1.165) is 56.1 Å². The Morgan fingerprint density at radius 3 is 2.55 bits per heavy atom. The molecule has 0 aliphatic carbocycles. The molecule has 3 aromatic rings. The number of methoxy groups -OCH3 is 1. The van der Waals surface area contributed by atoms with Crippen LogP contribution in [0.4, 0.5) is 13.2 Å². The van der Waals surface area contributed by atoms with Crippen LogP contribution in [-0.4, -0.2) is 46.2 Å². The number of ether oxygens (including phenoxy) is 1. The molecule has 0 aromatic carbocycles. The number of rotatable bonds is 5. The number of hydrogen-bond acceptors (Lipinski definition) is 4. The van der Waals surface area contributed by atoms with Gasteiger partial charge in [-0.1, -0.05) is 0 Å². The molecule has 0 bridgehead atoms. The lowest BCUT2D eigenvalue weighted by atomic mass is 9.97. The van der Waals surface area contributed by atoms with Gasteiger partial charge in [-0.3, -0.25) is 9.47 Å². The van der Waals surface area contributed by atoms with Crippen LogP contribution in [0.15, 0.2) is 42.9 Å². The number of pyridine rings is 2. The van der Waals surface area contributed by atoms with Crippen LogP contribution < -0.4 is 0 Å². The summed E-state index contributed by atoms with van der Waals surface area (Å²) in [5.41, 5.74) is 1.48. The molecule has 0 saturated carbocycles. The van der Waals surface area contributed by atoms with E-state index in [2.05, 4.69) is 20.9 Å². The summed E-state index contributed by atoms with van der Waals surface area (Å²) in [4.78, 5) is 10.5. The second-order valence-electron chi connectivity index (χ2n) is 7.52. The number of piperidine rings is 1. The minimum absolute atomic E-state index is 0.550. The Bertz CT molecular complexity index is 960. The maximum atomic E-state index is 12.7. The molecule has 154 valence electrons. The normalized spacial score (nSPS) is 16.6. The molecule has 0 radical (unpaired) electrons. The van der Waals surface area contributed by atoms with Crippen LogP contribution in [0.3, 0.4) is 0 Å². The number of aromatic nitrogens is 3. The number of nitrogens with zero attached hydrogens (tertiary/aromatic N) is 4. The first-order valence-electron chi connectivity index (χ1n) is 9.65. The van der Waals surface area contributed by atoms with Crippen molar-refractivity contribution in [2.24, 2.45) is 5.92 Å². The lowest BCUT2D eigenvalue weighted by molar-refractivity contribution is -0.141. The smallest absolute Gasteiger partial charge is 0.384 e. The van der Waals surface area contributed by atoms with Gasteiger partial charge in [-0.15, -0.1) is 0 Å². The first-order chi connectivity index (χ1) is 13.9. The first kappa shape index (κ1) is 19.8. The van der Waals surface area contributed by atoms with Crippen molar-refractivity contribution in [3.63, 3.8) is 0 Å². The molecule has 3 aromatic heterocycles. The summed E-state index contributed by atoms with van der Waals surface area (Å²) in [5.74, 6) is 0.642. The molecule has 1 aliphatic rings. The lowest BCUT2D eigenvalue weighted by Crippen LogP contribution is -2.34. The van der Waals surface area contributed by atoms with Gasteiger partial charge in [-0.2, -0.15) is 13.2 Å². The summed E-state index contributed by atoms with van der Waals surface area (Å²) in [6.45, 7) is 3.76. The van der Waals surface area contributed by atoms with Gasteiger partial charge in [-0.05, 0) is 61.7 Å². The fraction of sp³-hybridized carbons (Fsp3) is 0.429. The van der Waals surface area contributed by atoms with Crippen molar-refractivity contribution >= 4 is 11.0 Å². The third-order valence-corrected chi connectivity index (χ3v) is 5.42. The Hall–Kier alpha value is -2.45. The van der Waals surface area contributed by atoms with Crippen LogP contribution in [0.25, 0.3) is 16.7 Å². The molecule has 1 aliphatic heterocycles. The summed E-state index contributed by atoms with van der Waals surface area (Å²) < 4.78 is 45.2. The van der Waals surface area contributed by atoms with Gasteiger partial charge in [0, 0.05) is 38.0 Å². The Labute approximate surface area is 167 Å². The monoisotopic (exact) mass is 404 g/mol. The Morgan fingerprint density at radius 1 is 1.10 bits per heavy atom. The summed E-state index contributed by atoms with van der Waals surface area (Å²) in [5, 5.41) is 0.955. The van der Waals surface area contributed by atoms with Gasteiger partial charge in [0.15, 0.2) is 0 Å². The van der Waals surface area contributed by atoms with Crippen molar-refractivity contribution in [3.8, 4) is 5.69 Å². The minimum atomic E-state index is -4.44. The van der Waals surface area contributed by atoms with Crippen LogP contribution in [0, 0.1) is 5.92 Å². The summed E-state index contributed by atoms with van der Waals surface area (Å²) in [6, 6.07) is 6.42. The van der Waals surface area contributed by atoms with Gasteiger partial charge in [0.25, 0.3) is 0 Å². The molecule has 1 saturated heterocycles. The zero-order valence-corrected chi connectivity index (χ0v) is 16.2. The van der Waals surface area contributed by atoms with E-state index in [0.29, 0.717) is 17.3 Å². The van der Waals surface area contributed by atoms with E-state index in [-0.39, 0.29) is 0 Å². The molecule has 29 heavy (non-hydrogen) atoms. The molecule has 4 heterocycles. The van der Waals surface area contributed by atoms with Crippen LogP contribution in [-0.2, 0) is 17.5 Å². The molecule has 8 heteroatoms. The van der Waals surface area contributed by atoms with Crippen molar-refractivity contribution in [2.75, 3.05) is 26.8 Å². The Balaban J connectivity index is 1.48. The fourth-order valence-corrected chi connectivity index (χ4v) is 3.87. The van der Waals surface area contributed by atoms with E-state index < -0.39 is 11.9 Å². The highest BCUT2D eigenvalue weighted by Gasteiger charge is 2.32. The number of hydrogen-bond donors (Lipinski definition) is 0. The third kappa shape index (κ3) is 4.43. The SMILES string of the molecule is COCC1CCN(Cc2cnc3c(ccn3-c3ccc(C(F)(F)F)nc3)c2)CC1. The highest BCUT2D eigenvalue weighted by atomic mass is 19.4. The molecule has 0 spiro atoms. The van der Waals surface area contributed by atoms with Gasteiger partial charge in [0.1, 0.15) is 11.3 Å². The van der Waals surface area contributed by atoms with E-state index >= 15 is 0 Å². The van der Waals surface area contributed by atoms with Crippen LogP contribution in [0.5, 0.6) is 0 Å². The van der Waals surface area contributed by atoms with Crippen LogP contribution in [0.2, 0.25) is 0 Å². The van der Waals surface area contributed by atoms with Crippen molar-refractivity contribution in [3.05, 3.63) is 54.1 Å². The maximum Gasteiger partial charge on any atom is 0.433 e. The van der Waals surface area contributed by atoms with Crippen molar-refractivity contribution in [1.29, 1.82) is 0 Å². The van der Waals surface area contributed by atoms with E-state index in [9.17, 15) is 13.2 Å². The van der Waals surface area contributed by atoms with E-state index in [1.54, 1.807) is 11.7 Å². The lowest BCUT2D eigenvalue weighted by Gasteiger charge is -2.31. The molecular weight excluding hydrogens is 381 g/mol. The number of alkyl halides is 3. The average Bonchev–Trinajstić information content (AvgIpc) is 3.12. The highest BCUT2D eigenvalue weighted by Crippen LogP contribution is 2.28. The van der Waals surface area contributed by atoms with Crippen molar-refractivity contribution < 1.29 is 17.9 Å². The molecule has 0 amide bonds. The molecule has 1 fully saturated rings. The van der Waals surface area contributed by atoms with Crippen molar-refractivity contribution in [1.82, 2.24) is 19.4 Å². The van der Waals surface area contributed by atoms with Gasteiger partial charge < -0.3 is 4.74 Å². The van der Waals surface area contributed by atoms with Gasteiger partial charge in [0.05, 0.1) is 11.9 Å². The first-order valence-corrected chi connectivity index (χ1v) is 9.65. The third-order valence-electron chi connectivity index (χ3n) is 5.42. The van der Waals surface area contributed by atoms with Crippen molar-refractivity contribution in [2.45, 2.75) is 25.6 Å². The summed E-state index contributed by atoms with van der Waals surface area (Å²) in [6.07, 6.45) is 2.71. The maximum absolute atomic E-state index is 12.7. The minimum Gasteiger partial charge on any atom is -0.384 e. The fourth-order valence-electron chi connectivity index (χ4n) is 3.87. The van der Waals surface area contributed by atoms with Gasteiger partial charge in [-0.25, -0.2) is 9.97 Å². The zero-order chi connectivity index (χ0) is 20.4. The standard InChI is InChI=1S/C21H23F3N4O/c1-29-14-15-4-7-27(8-5-15)13-16-10-17-6-9-28(20(17)26-11-16)18-2-3-19(25-12-18)21(22,23)24/h2-3,6,9-12,15H,4-5,7-8,13-14H2,1H3. The van der Waals surface area contributed by atoms with Crippen LogP contribution in [0.1, 0.15) is 24.1 Å². The second-order valence-corrected chi connectivity index (χ2v) is 7.52. The molecule has 0 atom stereocenters. The molecule has 5 nitrogen and oxygen atoms in total. The summed E-state index contributed by atoms with van der Waals surface area (Å²) >= 11 is 0. The predicted octanol–water partition coefficient (Wildman–Crippen LogP) is 4.30. The molecular formula is C21H23F3N4O. The predicted molar refractivity (Wildman–Crippen MR) is 104 cm³/mol. The highest BCUT2D eigenvalue weighted by molar-refractivity contribution is 5.78. The quantitative estimate of drug-likeness (QED) is 0.636. The Kier molecular flexibility index (Phi) is 5.56. The van der Waals surface area contributed by atoms with E-state index in [4.69, 9.17) is 4.74 Å². The topological polar surface area (TPSA) is 43.2 Å². The number of halogens is 3. The molecule has 0 N–H and O–H groups in total. The van der Waals surface area contributed by atoms with E-state index in [1.165, 1.54) is 12.3 Å². The van der Waals surface area contributed by atoms with Gasteiger partial charge >= 0.3 is 6.18 Å². The van der Waals surface area contributed by atoms with Gasteiger partial charge in [0.2, 0.25) is 0 Å². The zero-order valence-electron chi connectivity index (χ0n) is 16.2. The average molecular weight is 404 g/mol. The van der Waals surface area contributed by atoms with Crippen LogP contribution >= 0.6 is 0 Å². The number of likely N-dealkylation sites (tertiary alicyclic amines) is 1. The summed E-state index contributed by atoms with van der Waals surface area (Å²) in [7, 11) is 1.75. The number of fused-ring (bicyclic) bond motifs is 1.